The predicted molar refractivity (Wildman–Crippen MR) is 94.5 cm³/mol. The number of nitrogens with one attached hydrogen (secondary N) is 1. The second-order valence-electron chi connectivity index (χ2n) is 6.82. The number of rotatable bonds is 7. The molecule has 0 unspecified atom stereocenters. The van der Waals surface area contributed by atoms with E-state index in [1.165, 1.54) is 0 Å². The van der Waals surface area contributed by atoms with Crippen molar-refractivity contribution in [1.82, 2.24) is 5.32 Å². The van der Waals surface area contributed by atoms with Crippen molar-refractivity contribution in [2.24, 2.45) is 0 Å². The van der Waals surface area contributed by atoms with Crippen molar-refractivity contribution < 1.29 is 21.6 Å². The molecule has 6 nitrogen and oxygen atoms in total. The molecule has 1 amide bonds. The number of carbonyl (C=O) groups is 1. The van der Waals surface area contributed by atoms with Gasteiger partial charge >= 0.3 is 0 Å². The highest BCUT2D eigenvalue weighted by molar-refractivity contribution is 7.91. The molecule has 0 spiro atoms. The average Bonchev–Trinajstić information content (AvgIpc) is 2.43. The molecule has 0 atom stereocenters. The lowest BCUT2D eigenvalue weighted by atomic mass is 9.87. The minimum absolute atomic E-state index is 0.0159. The highest BCUT2D eigenvalue weighted by Gasteiger charge is 2.19. The van der Waals surface area contributed by atoms with Gasteiger partial charge in [-0.2, -0.15) is 0 Å². The Bertz CT molecular complexity index is 773. The van der Waals surface area contributed by atoms with E-state index in [0.717, 1.165) is 11.8 Å². The smallest absolute Gasteiger partial charge is 0.221 e. The number of hydrogen-bond donors (Lipinski definition) is 1. The summed E-state index contributed by atoms with van der Waals surface area (Å²) < 4.78 is 46.4. The van der Waals surface area contributed by atoms with Gasteiger partial charge < -0.3 is 5.32 Å². The highest BCUT2D eigenvalue weighted by atomic mass is 32.2. The molecule has 0 saturated heterocycles. The predicted octanol–water partition coefficient (Wildman–Crippen LogP) is 1.31. The number of hydrogen-bond acceptors (Lipinski definition) is 5. The highest BCUT2D eigenvalue weighted by Crippen LogP contribution is 2.23. The van der Waals surface area contributed by atoms with Crippen LogP contribution in [0.3, 0.4) is 0 Å². The van der Waals surface area contributed by atoms with E-state index in [-0.39, 0.29) is 34.8 Å². The van der Waals surface area contributed by atoms with E-state index in [2.05, 4.69) is 5.32 Å². The maximum atomic E-state index is 12.3. The quantitative estimate of drug-likeness (QED) is 0.775. The molecule has 0 radical (unpaired) electrons. The van der Waals surface area contributed by atoms with Crippen LogP contribution in [0.1, 0.15) is 32.8 Å². The molecular formula is C16H25NO5S2. The first-order valence-corrected chi connectivity index (χ1v) is 11.3. The van der Waals surface area contributed by atoms with E-state index in [4.69, 9.17) is 0 Å². The Balaban J connectivity index is 2.62. The van der Waals surface area contributed by atoms with Crippen LogP contribution in [-0.2, 0) is 29.9 Å². The largest absolute Gasteiger partial charge is 0.355 e. The number of amides is 1. The van der Waals surface area contributed by atoms with Gasteiger partial charge in [0.2, 0.25) is 5.91 Å². The minimum Gasteiger partial charge on any atom is -0.355 e. The lowest BCUT2D eigenvalue weighted by Gasteiger charge is -2.19. The van der Waals surface area contributed by atoms with E-state index >= 15 is 0 Å². The molecule has 0 heterocycles. The Morgan fingerprint density at radius 2 is 1.54 bits per heavy atom. The van der Waals surface area contributed by atoms with Crippen LogP contribution in [0, 0.1) is 0 Å². The van der Waals surface area contributed by atoms with Crippen LogP contribution in [0.4, 0.5) is 0 Å². The summed E-state index contributed by atoms with van der Waals surface area (Å²) in [5.41, 5.74) is 0.960. The van der Waals surface area contributed by atoms with Gasteiger partial charge in [0, 0.05) is 19.2 Å². The van der Waals surface area contributed by atoms with Crippen molar-refractivity contribution in [2.45, 2.75) is 37.5 Å². The van der Waals surface area contributed by atoms with Gasteiger partial charge in [-0.3, -0.25) is 4.79 Å². The van der Waals surface area contributed by atoms with Crippen LogP contribution in [0.15, 0.2) is 29.2 Å². The van der Waals surface area contributed by atoms with E-state index in [1.54, 1.807) is 24.3 Å². The topological polar surface area (TPSA) is 97.4 Å². The SMILES string of the molecule is CC(C)(C)c1ccc(S(=O)(=O)CCC(=O)NCCS(C)(=O)=O)cc1. The first kappa shape index (κ1) is 20.6. The summed E-state index contributed by atoms with van der Waals surface area (Å²) in [6.45, 7) is 6.10. The van der Waals surface area contributed by atoms with Gasteiger partial charge in [0.15, 0.2) is 9.84 Å². The third-order valence-corrected chi connectivity index (χ3v) is 6.15. The van der Waals surface area contributed by atoms with Crippen molar-refractivity contribution in [3.63, 3.8) is 0 Å². The maximum Gasteiger partial charge on any atom is 0.221 e. The van der Waals surface area contributed by atoms with Gasteiger partial charge in [-0.15, -0.1) is 0 Å². The molecule has 1 aromatic rings. The van der Waals surface area contributed by atoms with Gasteiger partial charge in [-0.05, 0) is 23.1 Å². The summed E-state index contributed by atoms with van der Waals surface area (Å²) in [5.74, 6) is -0.958. The molecule has 0 aliphatic heterocycles. The molecule has 0 aliphatic carbocycles. The molecule has 1 N–H and O–H groups in total. The van der Waals surface area contributed by atoms with Gasteiger partial charge in [-0.1, -0.05) is 32.9 Å². The van der Waals surface area contributed by atoms with Crippen molar-refractivity contribution >= 4 is 25.6 Å². The zero-order valence-corrected chi connectivity index (χ0v) is 16.1. The van der Waals surface area contributed by atoms with Crippen molar-refractivity contribution in [3.05, 3.63) is 29.8 Å². The summed E-state index contributed by atoms with van der Waals surface area (Å²) in [4.78, 5) is 11.8. The molecule has 0 saturated carbocycles. The molecule has 0 aromatic heterocycles. The number of benzene rings is 1. The summed E-state index contributed by atoms with van der Waals surface area (Å²) in [6, 6.07) is 6.66. The molecule has 136 valence electrons. The standard InChI is InChI=1S/C16H25NO5S2/c1-16(2,3)13-5-7-14(8-6-13)24(21,22)11-9-15(18)17-10-12-23(4,19)20/h5-8H,9-12H2,1-4H3,(H,17,18). The summed E-state index contributed by atoms with van der Waals surface area (Å²) in [7, 11) is -6.71. The fourth-order valence-corrected chi connectivity index (χ4v) is 3.68. The fraction of sp³-hybridized carbons (Fsp3) is 0.562. The summed E-state index contributed by atoms with van der Waals surface area (Å²) in [5, 5.41) is 2.41. The van der Waals surface area contributed by atoms with Crippen molar-refractivity contribution in [2.75, 3.05) is 24.3 Å². The molecule has 1 aromatic carbocycles. The van der Waals surface area contributed by atoms with Gasteiger partial charge in [0.1, 0.15) is 9.84 Å². The van der Waals surface area contributed by atoms with Crippen LogP contribution >= 0.6 is 0 Å². The van der Waals surface area contributed by atoms with Crippen molar-refractivity contribution in [3.8, 4) is 0 Å². The Morgan fingerprint density at radius 1 is 1.00 bits per heavy atom. The Kier molecular flexibility index (Phi) is 6.58. The second-order valence-corrected chi connectivity index (χ2v) is 11.2. The van der Waals surface area contributed by atoms with Crippen LogP contribution < -0.4 is 5.32 Å². The molecule has 0 bridgehead atoms. The molecule has 0 aliphatic rings. The first-order valence-electron chi connectivity index (χ1n) is 7.59. The molecular weight excluding hydrogens is 350 g/mol. The lowest BCUT2D eigenvalue weighted by Crippen LogP contribution is -2.30. The van der Waals surface area contributed by atoms with E-state index < -0.39 is 25.6 Å². The molecule has 8 heteroatoms. The minimum atomic E-state index is -3.55. The third-order valence-electron chi connectivity index (χ3n) is 3.47. The van der Waals surface area contributed by atoms with Gasteiger partial charge in [0.05, 0.1) is 16.4 Å². The molecule has 24 heavy (non-hydrogen) atoms. The third kappa shape index (κ3) is 7.00. The average molecular weight is 376 g/mol. The van der Waals surface area contributed by atoms with Crippen LogP contribution in [0.2, 0.25) is 0 Å². The fourth-order valence-electron chi connectivity index (χ4n) is 1.97. The van der Waals surface area contributed by atoms with E-state index in [1.807, 2.05) is 20.8 Å². The van der Waals surface area contributed by atoms with E-state index in [9.17, 15) is 21.6 Å². The molecule has 0 fully saturated rings. The van der Waals surface area contributed by atoms with Crippen molar-refractivity contribution in [1.29, 1.82) is 0 Å². The monoisotopic (exact) mass is 375 g/mol. The Labute approximate surface area is 144 Å². The van der Waals surface area contributed by atoms with Crippen LogP contribution in [0.25, 0.3) is 0 Å². The van der Waals surface area contributed by atoms with Gasteiger partial charge in [0.25, 0.3) is 0 Å². The Morgan fingerprint density at radius 3 is 2.00 bits per heavy atom. The Hall–Kier alpha value is -1.41. The zero-order valence-electron chi connectivity index (χ0n) is 14.5. The maximum absolute atomic E-state index is 12.3. The summed E-state index contributed by atoms with van der Waals surface area (Å²) in [6.07, 6.45) is 0.873. The number of sulfone groups is 2. The van der Waals surface area contributed by atoms with Gasteiger partial charge in [-0.25, -0.2) is 16.8 Å². The lowest BCUT2D eigenvalue weighted by molar-refractivity contribution is -0.120. The normalized spacial score (nSPS) is 12.8. The van der Waals surface area contributed by atoms with Crippen LogP contribution in [-0.4, -0.2) is 47.0 Å². The molecule has 1 rings (SSSR count). The first-order chi connectivity index (χ1) is 10.8. The summed E-state index contributed by atoms with van der Waals surface area (Å²) >= 11 is 0. The van der Waals surface area contributed by atoms with Crippen LogP contribution in [0.5, 0.6) is 0 Å². The van der Waals surface area contributed by atoms with E-state index in [0.29, 0.717) is 0 Å². The zero-order chi connectivity index (χ0) is 18.6. The second kappa shape index (κ2) is 7.65. The number of carbonyl (C=O) groups excluding carboxylic acids is 1.